The second-order valence-electron chi connectivity index (χ2n) is 6.76. The fraction of sp³-hybridized carbons (Fsp3) is 0.556. The Kier molecular flexibility index (Phi) is 6.13. The molecule has 2 saturated heterocycles. The average Bonchev–Trinajstić information content (AvgIpc) is 3.02. The molecule has 26 heavy (non-hydrogen) atoms. The standard InChI is InChI=1S/C18H27N5O2S/c1-2-7-20-18(21-14-16-6-13-26(24,25)15-16)23-11-9-22(10-12-23)17-5-3-4-8-19-17/h2-5,8,16H,1,6-7,9-15H2,(H,20,21). The molecule has 142 valence electrons. The summed E-state index contributed by atoms with van der Waals surface area (Å²) in [7, 11) is -2.86. The van der Waals surface area contributed by atoms with Gasteiger partial charge in [0.2, 0.25) is 0 Å². The lowest BCUT2D eigenvalue weighted by Gasteiger charge is -2.37. The van der Waals surface area contributed by atoms with Gasteiger partial charge in [-0.15, -0.1) is 6.58 Å². The van der Waals surface area contributed by atoms with Crippen molar-refractivity contribution in [1.29, 1.82) is 0 Å². The number of guanidine groups is 1. The fourth-order valence-electron chi connectivity index (χ4n) is 3.35. The van der Waals surface area contributed by atoms with E-state index in [2.05, 4.69) is 26.7 Å². The molecule has 8 heteroatoms. The summed E-state index contributed by atoms with van der Waals surface area (Å²) in [6.45, 7) is 8.41. The van der Waals surface area contributed by atoms with Gasteiger partial charge in [0, 0.05) is 45.5 Å². The van der Waals surface area contributed by atoms with E-state index in [1.54, 1.807) is 6.08 Å². The highest BCUT2D eigenvalue weighted by Gasteiger charge is 2.28. The van der Waals surface area contributed by atoms with E-state index in [9.17, 15) is 8.42 Å². The van der Waals surface area contributed by atoms with E-state index in [0.717, 1.165) is 38.0 Å². The number of hydrogen-bond donors (Lipinski definition) is 1. The molecule has 0 spiro atoms. The molecule has 2 aliphatic heterocycles. The van der Waals surface area contributed by atoms with Gasteiger partial charge >= 0.3 is 0 Å². The molecule has 2 fully saturated rings. The Bertz CT molecular complexity index is 727. The van der Waals surface area contributed by atoms with Crippen molar-refractivity contribution in [2.24, 2.45) is 10.9 Å². The number of aromatic nitrogens is 1. The first-order chi connectivity index (χ1) is 12.6. The van der Waals surface area contributed by atoms with Crippen molar-refractivity contribution >= 4 is 21.6 Å². The maximum absolute atomic E-state index is 11.6. The third-order valence-corrected chi connectivity index (χ3v) is 6.62. The Balaban J connectivity index is 1.59. The molecule has 7 nitrogen and oxygen atoms in total. The van der Waals surface area contributed by atoms with Crippen LogP contribution in [0.4, 0.5) is 5.82 Å². The summed E-state index contributed by atoms with van der Waals surface area (Å²) >= 11 is 0. The summed E-state index contributed by atoms with van der Waals surface area (Å²) in [5.41, 5.74) is 0. The Morgan fingerprint density at radius 2 is 2.15 bits per heavy atom. The average molecular weight is 378 g/mol. The van der Waals surface area contributed by atoms with Crippen LogP contribution >= 0.6 is 0 Å². The van der Waals surface area contributed by atoms with E-state index < -0.39 is 9.84 Å². The largest absolute Gasteiger partial charge is 0.353 e. The Morgan fingerprint density at radius 1 is 1.35 bits per heavy atom. The third kappa shape index (κ3) is 4.97. The predicted octanol–water partition coefficient (Wildman–Crippen LogP) is 0.770. The minimum Gasteiger partial charge on any atom is -0.353 e. The molecule has 3 rings (SSSR count). The number of aliphatic imine (C=N–C) groups is 1. The van der Waals surface area contributed by atoms with Crippen molar-refractivity contribution in [2.45, 2.75) is 6.42 Å². The zero-order valence-electron chi connectivity index (χ0n) is 15.0. The molecule has 0 aromatic carbocycles. The van der Waals surface area contributed by atoms with Crippen LogP contribution in [0.15, 0.2) is 42.0 Å². The number of piperazine rings is 1. The SMILES string of the molecule is C=CCNC(=NCC1CCS(=O)(=O)C1)N1CCN(c2ccccn2)CC1. The van der Waals surface area contributed by atoms with Crippen LogP contribution in [0.25, 0.3) is 0 Å². The number of rotatable bonds is 5. The minimum absolute atomic E-state index is 0.135. The molecular formula is C18H27N5O2S. The van der Waals surface area contributed by atoms with E-state index in [1.807, 2.05) is 24.4 Å². The highest BCUT2D eigenvalue weighted by atomic mass is 32.2. The van der Waals surface area contributed by atoms with Crippen LogP contribution in [0.1, 0.15) is 6.42 Å². The molecule has 3 heterocycles. The minimum atomic E-state index is -2.86. The highest BCUT2D eigenvalue weighted by molar-refractivity contribution is 7.91. The predicted molar refractivity (Wildman–Crippen MR) is 105 cm³/mol. The molecule has 1 unspecified atom stereocenters. The van der Waals surface area contributed by atoms with Crippen molar-refractivity contribution in [3.05, 3.63) is 37.1 Å². The first-order valence-electron chi connectivity index (χ1n) is 9.08. The molecule has 1 N–H and O–H groups in total. The maximum Gasteiger partial charge on any atom is 0.194 e. The molecule has 1 aromatic rings. The number of anilines is 1. The van der Waals surface area contributed by atoms with E-state index in [0.29, 0.717) is 25.3 Å². The van der Waals surface area contributed by atoms with Crippen LogP contribution < -0.4 is 10.2 Å². The van der Waals surface area contributed by atoms with E-state index >= 15 is 0 Å². The van der Waals surface area contributed by atoms with E-state index in [-0.39, 0.29) is 11.7 Å². The Labute approximate surface area is 155 Å². The summed E-state index contributed by atoms with van der Waals surface area (Å²) in [5.74, 6) is 2.54. The van der Waals surface area contributed by atoms with Crippen LogP contribution in [0.2, 0.25) is 0 Å². The molecular weight excluding hydrogens is 350 g/mol. The van der Waals surface area contributed by atoms with E-state index in [4.69, 9.17) is 4.99 Å². The number of pyridine rings is 1. The number of hydrogen-bond acceptors (Lipinski definition) is 5. The molecule has 1 aromatic heterocycles. The molecule has 2 aliphatic rings. The third-order valence-electron chi connectivity index (χ3n) is 4.78. The molecule has 0 aliphatic carbocycles. The van der Waals surface area contributed by atoms with Gasteiger partial charge in [0.15, 0.2) is 15.8 Å². The fourth-order valence-corrected chi connectivity index (χ4v) is 5.20. The molecule has 0 bridgehead atoms. The van der Waals surface area contributed by atoms with Gasteiger partial charge in [-0.1, -0.05) is 12.1 Å². The van der Waals surface area contributed by atoms with E-state index in [1.165, 1.54) is 0 Å². The summed E-state index contributed by atoms with van der Waals surface area (Å²) in [6, 6.07) is 5.96. The van der Waals surface area contributed by atoms with Gasteiger partial charge < -0.3 is 15.1 Å². The first kappa shape index (κ1) is 18.7. The summed E-state index contributed by atoms with van der Waals surface area (Å²) < 4.78 is 23.3. The van der Waals surface area contributed by atoms with Gasteiger partial charge in [0.05, 0.1) is 11.5 Å². The van der Waals surface area contributed by atoms with Crippen LogP contribution in [0.3, 0.4) is 0 Å². The van der Waals surface area contributed by atoms with Crippen molar-refractivity contribution in [3.63, 3.8) is 0 Å². The lowest BCUT2D eigenvalue weighted by Crippen LogP contribution is -2.53. The number of nitrogens with zero attached hydrogens (tertiary/aromatic N) is 4. The second-order valence-corrected chi connectivity index (χ2v) is 8.99. The van der Waals surface area contributed by atoms with Crippen LogP contribution in [-0.2, 0) is 9.84 Å². The van der Waals surface area contributed by atoms with Crippen molar-refractivity contribution in [3.8, 4) is 0 Å². The van der Waals surface area contributed by atoms with Crippen molar-refractivity contribution < 1.29 is 8.42 Å². The van der Waals surface area contributed by atoms with Gasteiger partial charge in [0.25, 0.3) is 0 Å². The molecule has 1 atom stereocenters. The normalized spacial score (nSPS) is 23.1. The van der Waals surface area contributed by atoms with Crippen LogP contribution in [-0.4, -0.2) is 75.0 Å². The highest BCUT2D eigenvalue weighted by Crippen LogP contribution is 2.19. The topological polar surface area (TPSA) is 77.9 Å². The monoisotopic (exact) mass is 377 g/mol. The van der Waals surface area contributed by atoms with Crippen molar-refractivity contribution in [1.82, 2.24) is 15.2 Å². The molecule has 0 amide bonds. The Morgan fingerprint density at radius 3 is 2.77 bits per heavy atom. The summed E-state index contributed by atoms with van der Waals surface area (Å²) in [4.78, 5) is 13.6. The zero-order chi connectivity index (χ0) is 18.4. The van der Waals surface area contributed by atoms with Crippen molar-refractivity contribution in [2.75, 3.05) is 55.7 Å². The molecule has 0 radical (unpaired) electrons. The second kappa shape index (κ2) is 8.53. The van der Waals surface area contributed by atoms with Gasteiger partial charge in [-0.25, -0.2) is 13.4 Å². The van der Waals surface area contributed by atoms with Crippen LogP contribution in [0, 0.1) is 5.92 Å². The smallest absolute Gasteiger partial charge is 0.194 e. The molecule has 0 saturated carbocycles. The maximum atomic E-state index is 11.6. The van der Waals surface area contributed by atoms with Gasteiger partial charge in [-0.2, -0.15) is 0 Å². The summed E-state index contributed by atoms with van der Waals surface area (Å²) in [6.07, 6.45) is 4.34. The van der Waals surface area contributed by atoms with Gasteiger partial charge in [-0.3, -0.25) is 4.99 Å². The zero-order valence-corrected chi connectivity index (χ0v) is 15.9. The number of nitrogens with one attached hydrogen (secondary N) is 1. The quantitative estimate of drug-likeness (QED) is 0.464. The first-order valence-corrected chi connectivity index (χ1v) is 10.9. The lowest BCUT2D eigenvalue weighted by molar-refractivity contribution is 0.371. The number of sulfone groups is 1. The van der Waals surface area contributed by atoms with Gasteiger partial charge in [0.1, 0.15) is 5.82 Å². The van der Waals surface area contributed by atoms with Gasteiger partial charge in [-0.05, 0) is 24.5 Å². The summed E-state index contributed by atoms with van der Waals surface area (Å²) in [5, 5.41) is 3.31. The Hall–Kier alpha value is -2.09. The lowest BCUT2D eigenvalue weighted by atomic mass is 10.1. The van der Waals surface area contributed by atoms with Crippen LogP contribution in [0.5, 0.6) is 0 Å².